The summed E-state index contributed by atoms with van der Waals surface area (Å²) in [6, 6.07) is 12.1. The number of halogens is 1. The molecular formula is C34H47ClN2O3S. The van der Waals surface area contributed by atoms with Crippen LogP contribution in [-0.2, 0) is 11.2 Å². The maximum Gasteiger partial charge on any atom is 0.260 e. The lowest BCUT2D eigenvalue weighted by Gasteiger charge is -2.43. The summed E-state index contributed by atoms with van der Waals surface area (Å²) in [5.74, 6) is 7.26. The van der Waals surface area contributed by atoms with Crippen LogP contribution in [0.25, 0.3) is 0 Å². The van der Waals surface area contributed by atoms with Crippen LogP contribution in [0.15, 0.2) is 48.6 Å². The number of amides is 1. The highest BCUT2D eigenvalue weighted by Crippen LogP contribution is 2.43. The summed E-state index contributed by atoms with van der Waals surface area (Å²) in [6.45, 7) is 10.9. The Labute approximate surface area is 254 Å². The van der Waals surface area contributed by atoms with E-state index in [1.54, 1.807) is 0 Å². The Morgan fingerprint density at radius 2 is 2.02 bits per heavy atom. The number of nitrogens with one attached hydrogen (secondary N) is 1. The number of methoxy groups -OCH3 is 1. The van der Waals surface area contributed by atoms with E-state index in [4.69, 9.17) is 21.1 Å². The Morgan fingerprint density at radius 1 is 1.22 bits per heavy atom. The molecule has 5 unspecified atom stereocenters. The summed E-state index contributed by atoms with van der Waals surface area (Å²) in [4.78, 5) is 15.5. The van der Waals surface area contributed by atoms with Crippen molar-refractivity contribution in [1.82, 2.24) is 4.72 Å². The highest BCUT2D eigenvalue weighted by Gasteiger charge is 2.38. The molecule has 224 valence electrons. The van der Waals surface area contributed by atoms with E-state index in [1.165, 1.54) is 17.5 Å². The van der Waals surface area contributed by atoms with Gasteiger partial charge >= 0.3 is 0 Å². The molecule has 5 nitrogen and oxygen atoms in total. The maximum atomic E-state index is 13.1. The predicted molar refractivity (Wildman–Crippen MR) is 176 cm³/mol. The van der Waals surface area contributed by atoms with Gasteiger partial charge in [0.15, 0.2) is 0 Å². The summed E-state index contributed by atoms with van der Waals surface area (Å²) < 4.78 is 15.5. The highest BCUT2D eigenvalue weighted by molar-refractivity contribution is 8.12. The minimum atomic E-state index is -0.403. The van der Waals surface area contributed by atoms with Gasteiger partial charge in [0.25, 0.3) is 5.91 Å². The van der Waals surface area contributed by atoms with Crippen molar-refractivity contribution in [3.8, 4) is 5.75 Å². The molecule has 1 N–H and O–H groups in total. The van der Waals surface area contributed by atoms with Crippen LogP contribution in [-0.4, -0.2) is 50.4 Å². The van der Waals surface area contributed by atoms with E-state index in [1.807, 2.05) is 38.3 Å². The van der Waals surface area contributed by atoms with Crippen molar-refractivity contribution < 1.29 is 14.3 Å². The zero-order chi connectivity index (χ0) is 29.5. The Morgan fingerprint density at radius 3 is 2.68 bits per heavy atom. The molecule has 0 aromatic heterocycles. The number of anilines is 1. The fourth-order valence-corrected chi connectivity index (χ4v) is 6.70. The van der Waals surface area contributed by atoms with Crippen LogP contribution in [0, 0.1) is 17.8 Å². The van der Waals surface area contributed by atoms with Gasteiger partial charge in [-0.25, -0.2) is 0 Å². The lowest BCUT2D eigenvalue weighted by atomic mass is 9.70. The van der Waals surface area contributed by atoms with Crippen molar-refractivity contribution in [2.24, 2.45) is 17.8 Å². The van der Waals surface area contributed by atoms with Gasteiger partial charge < -0.3 is 19.1 Å². The van der Waals surface area contributed by atoms with Crippen LogP contribution in [0.2, 0.25) is 5.02 Å². The number of nitrogens with zero attached hydrogens (tertiary/aromatic N) is 1. The van der Waals surface area contributed by atoms with Gasteiger partial charge in [-0.2, -0.15) is 0 Å². The van der Waals surface area contributed by atoms with Gasteiger partial charge in [-0.1, -0.05) is 69.8 Å². The van der Waals surface area contributed by atoms with E-state index in [9.17, 15) is 4.79 Å². The van der Waals surface area contributed by atoms with E-state index < -0.39 is 10.7 Å². The third-order valence-electron chi connectivity index (χ3n) is 8.40. The number of benzene rings is 2. The number of aryl methyl sites for hydroxylation is 1. The van der Waals surface area contributed by atoms with E-state index in [2.05, 4.69) is 60.5 Å². The van der Waals surface area contributed by atoms with Crippen molar-refractivity contribution in [2.45, 2.75) is 65.4 Å². The molecule has 4 rings (SSSR count). The van der Waals surface area contributed by atoms with Gasteiger partial charge in [-0.05, 0) is 78.5 Å². The maximum absolute atomic E-state index is 13.1. The van der Waals surface area contributed by atoms with Crippen molar-refractivity contribution in [1.29, 1.82) is 0 Å². The molecule has 0 spiro atoms. The largest absolute Gasteiger partial charge is 0.491 e. The normalized spacial score (nSPS) is 22.0. The van der Waals surface area contributed by atoms with Gasteiger partial charge in [0, 0.05) is 42.5 Å². The number of hydrogen-bond acceptors (Lipinski definition) is 4. The molecule has 0 radical (unpaired) electrons. The molecule has 0 bridgehead atoms. The molecule has 1 saturated carbocycles. The standard InChI is InChI=1S/C34H47ClN2O3S/c1-7-9-24-18-28(35)13-15-29(24)27-21-37(20-26-11-14-30(26)32(39-5)16-10-23(3)4)31-19-25(12-17-33(31)40-22-27)34(38)36-41(6)8-2/h10,12-13,15-19,23,26-27,30,32H,6-9,11,14,20-22H2,1-5H3,(H,36,38)/b16-10+. The molecule has 1 aliphatic carbocycles. The number of rotatable bonds is 12. The number of ether oxygens (including phenoxy) is 2. The zero-order valence-electron chi connectivity index (χ0n) is 25.3. The van der Waals surface area contributed by atoms with Crippen LogP contribution in [0.1, 0.15) is 74.4 Å². The zero-order valence-corrected chi connectivity index (χ0v) is 26.9. The Hall–Kier alpha value is -2.28. The van der Waals surface area contributed by atoms with Gasteiger partial charge in [0.1, 0.15) is 5.75 Å². The monoisotopic (exact) mass is 598 g/mol. The van der Waals surface area contributed by atoms with E-state index >= 15 is 0 Å². The SMILES string of the molecule is C=S(CC)NC(=O)c1ccc2c(c1)N(CC1CCC1C(/C=C/C(C)C)OC)CC(c1ccc(Cl)cc1CCC)CO2. The second kappa shape index (κ2) is 14.8. The molecular weight excluding hydrogens is 552 g/mol. The molecule has 1 fully saturated rings. The summed E-state index contributed by atoms with van der Waals surface area (Å²) in [5.41, 5.74) is 4.23. The van der Waals surface area contributed by atoms with Crippen molar-refractivity contribution in [3.63, 3.8) is 0 Å². The summed E-state index contributed by atoms with van der Waals surface area (Å²) in [6.07, 6.45) is 8.99. The molecule has 41 heavy (non-hydrogen) atoms. The first-order chi connectivity index (χ1) is 19.7. The third kappa shape index (κ3) is 7.97. The van der Waals surface area contributed by atoms with Crippen LogP contribution in [0.3, 0.4) is 0 Å². The molecule has 1 amide bonds. The van der Waals surface area contributed by atoms with Crippen LogP contribution >= 0.6 is 22.3 Å². The topological polar surface area (TPSA) is 50.8 Å². The molecule has 2 aliphatic rings. The average Bonchev–Trinajstić information content (AvgIpc) is 3.12. The van der Waals surface area contributed by atoms with E-state index in [0.717, 1.165) is 54.6 Å². The summed E-state index contributed by atoms with van der Waals surface area (Å²) in [7, 11) is 1.42. The van der Waals surface area contributed by atoms with Gasteiger partial charge in [0.2, 0.25) is 0 Å². The Kier molecular flexibility index (Phi) is 11.4. The molecule has 2 aromatic rings. The minimum Gasteiger partial charge on any atom is -0.491 e. The number of fused-ring (bicyclic) bond motifs is 1. The van der Waals surface area contributed by atoms with Crippen molar-refractivity contribution in [3.05, 3.63) is 70.3 Å². The smallest absolute Gasteiger partial charge is 0.260 e. The number of hydrogen-bond donors (Lipinski definition) is 1. The first kappa shape index (κ1) is 31.7. The molecule has 2 aromatic carbocycles. The number of allylic oxidation sites excluding steroid dienone is 1. The second-order valence-electron chi connectivity index (χ2n) is 11.7. The van der Waals surface area contributed by atoms with Crippen LogP contribution in [0.4, 0.5) is 5.69 Å². The number of carbonyl (C=O) groups excluding carboxylic acids is 1. The Balaban J connectivity index is 1.67. The predicted octanol–water partition coefficient (Wildman–Crippen LogP) is 7.89. The van der Waals surface area contributed by atoms with Crippen LogP contribution in [0.5, 0.6) is 5.75 Å². The lowest BCUT2D eigenvalue weighted by molar-refractivity contribution is 0.0133. The quantitative estimate of drug-likeness (QED) is 0.199. The Bertz CT molecular complexity index is 1250. The lowest BCUT2D eigenvalue weighted by Crippen LogP contribution is -2.44. The van der Waals surface area contributed by atoms with E-state index in [-0.39, 0.29) is 17.9 Å². The van der Waals surface area contributed by atoms with E-state index in [0.29, 0.717) is 29.9 Å². The molecule has 1 aliphatic heterocycles. The fraction of sp³-hybridized carbons (Fsp3) is 0.529. The fourth-order valence-electron chi connectivity index (χ4n) is 5.98. The molecule has 1 heterocycles. The first-order valence-electron chi connectivity index (χ1n) is 15.1. The number of carbonyl (C=O) groups is 1. The van der Waals surface area contributed by atoms with Crippen molar-refractivity contribution >= 4 is 39.7 Å². The first-order valence-corrected chi connectivity index (χ1v) is 17.0. The molecule has 7 heteroatoms. The van der Waals surface area contributed by atoms with Crippen LogP contribution < -0.4 is 14.4 Å². The summed E-state index contributed by atoms with van der Waals surface area (Å²) >= 11 is 6.42. The third-order valence-corrected chi connectivity index (χ3v) is 9.81. The van der Waals surface area contributed by atoms with Gasteiger partial charge in [-0.15, -0.1) is 10.7 Å². The molecule has 0 saturated heterocycles. The van der Waals surface area contributed by atoms with Gasteiger partial charge in [-0.3, -0.25) is 4.79 Å². The minimum absolute atomic E-state index is 0.0866. The summed E-state index contributed by atoms with van der Waals surface area (Å²) in [5, 5.41) is 0.774. The highest BCUT2D eigenvalue weighted by atomic mass is 35.5. The van der Waals surface area contributed by atoms with Gasteiger partial charge in [0.05, 0.1) is 18.4 Å². The molecule has 5 atom stereocenters. The van der Waals surface area contributed by atoms with Crippen molar-refractivity contribution in [2.75, 3.05) is 37.5 Å². The average molecular weight is 599 g/mol. The second-order valence-corrected chi connectivity index (χ2v) is 13.9.